The second-order valence-corrected chi connectivity index (χ2v) is 6.99. The average molecular weight is 369 g/mol. The zero-order valence-electron chi connectivity index (χ0n) is 13.9. The van der Waals surface area contributed by atoms with Gasteiger partial charge in [0.2, 0.25) is 0 Å². The number of hydrogen-bond acceptors (Lipinski definition) is 8. The number of carbonyl (C=O) groups excluding carboxylic acids is 1. The van der Waals surface area contributed by atoms with Crippen molar-refractivity contribution in [2.75, 3.05) is 6.54 Å². The van der Waals surface area contributed by atoms with Crippen LogP contribution in [0.3, 0.4) is 0 Å². The zero-order chi connectivity index (χ0) is 18.4. The van der Waals surface area contributed by atoms with Gasteiger partial charge in [0.15, 0.2) is 5.71 Å². The monoisotopic (exact) mass is 369 g/mol. The normalized spacial score (nSPS) is 15.6. The van der Waals surface area contributed by atoms with Gasteiger partial charge in [0, 0.05) is 6.99 Å². The van der Waals surface area contributed by atoms with Gasteiger partial charge in [-0.1, -0.05) is 41.7 Å². The number of nitrogens with one attached hydrogen (secondary N) is 1. The van der Waals surface area contributed by atoms with Crippen molar-refractivity contribution in [1.29, 1.82) is 5.26 Å². The van der Waals surface area contributed by atoms with E-state index in [-0.39, 0.29) is 19.1 Å². The van der Waals surface area contributed by atoms with E-state index in [2.05, 4.69) is 31.7 Å². The highest BCUT2D eigenvalue weighted by atomic mass is 32.1. The van der Waals surface area contributed by atoms with E-state index in [1.807, 2.05) is 30.3 Å². The van der Waals surface area contributed by atoms with E-state index in [9.17, 15) is 4.79 Å². The van der Waals surface area contributed by atoms with Crippen molar-refractivity contribution in [2.45, 2.75) is 19.4 Å². The van der Waals surface area contributed by atoms with Crippen LogP contribution in [-0.4, -0.2) is 34.6 Å². The molecular weight excluding hydrogens is 350 g/mol. The van der Waals surface area contributed by atoms with Crippen molar-refractivity contribution in [3.8, 4) is 16.6 Å². The summed E-state index contributed by atoms with van der Waals surface area (Å²) in [5, 5.41) is 24.8. The van der Waals surface area contributed by atoms with Crippen LogP contribution in [0.1, 0.15) is 19.3 Å². The maximum Gasteiger partial charge on any atom is 0.273 e. The summed E-state index contributed by atoms with van der Waals surface area (Å²) in [5.41, 5.74) is 0.615. The van der Waals surface area contributed by atoms with Gasteiger partial charge in [-0.3, -0.25) is 9.79 Å². The molecule has 3 rings (SSSR count). The zero-order valence-corrected chi connectivity index (χ0v) is 14.7. The number of nitrogens with two attached hydrogens (primary N) is 1. The van der Waals surface area contributed by atoms with Crippen molar-refractivity contribution in [2.24, 2.45) is 21.4 Å². The van der Waals surface area contributed by atoms with Crippen LogP contribution in [0, 0.1) is 16.7 Å². The second-order valence-electron chi connectivity index (χ2n) is 5.93. The largest absolute Gasteiger partial charge is 0.344 e. The molecule has 3 N–H and O–H groups in total. The molecule has 0 aliphatic heterocycles. The number of amides is 1. The average Bonchev–Trinajstić information content (AvgIpc) is 3.31. The van der Waals surface area contributed by atoms with Crippen LogP contribution >= 0.6 is 11.3 Å². The minimum absolute atomic E-state index is 0. The molecule has 2 aromatic rings. The van der Waals surface area contributed by atoms with E-state index in [0.717, 1.165) is 23.4 Å². The van der Waals surface area contributed by atoms with Gasteiger partial charge in [-0.2, -0.15) is 10.4 Å². The summed E-state index contributed by atoms with van der Waals surface area (Å²) in [7, 11) is 0. The number of nitrogens with zero attached hydrogens (tertiary/aromatic N) is 5. The fourth-order valence-electron chi connectivity index (χ4n) is 2.18. The predicted octanol–water partition coefficient (Wildman–Crippen LogP) is 1.76. The topological polar surface area (TPSA) is 129 Å². The van der Waals surface area contributed by atoms with Crippen LogP contribution in [0.25, 0.3) is 10.6 Å². The van der Waals surface area contributed by atoms with E-state index in [0.29, 0.717) is 11.6 Å². The Morgan fingerprint density at radius 2 is 2.19 bits per heavy atom. The first kappa shape index (κ1) is 17.7. The van der Waals surface area contributed by atoms with Crippen molar-refractivity contribution in [3.63, 3.8) is 0 Å². The van der Waals surface area contributed by atoms with Crippen LogP contribution in [0.4, 0.5) is 0 Å². The summed E-state index contributed by atoms with van der Waals surface area (Å²) in [4.78, 5) is 16.3. The Labute approximate surface area is 156 Å². The van der Waals surface area contributed by atoms with E-state index in [4.69, 9.17) is 11.1 Å². The predicted molar refractivity (Wildman–Crippen MR) is 102 cm³/mol. The smallest absolute Gasteiger partial charge is 0.273 e. The molecule has 1 aliphatic carbocycles. The first-order valence-electron chi connectivity index (χ1n) is 8.01. The standard InChI is InChI=1S/C17H17N7OS.H2/c18-10-17(6-7-17)11-20-8-13(22-19)15(25)21-9-14-23-24-16(26-14)12-4-2-1-3-5-12;/h1-5,8H,6-7,9,11,19H2,(H,21,25);1H/b20-8?,22-13+;. The van der Waals surface area contributed by atoms with Crippen LogP contribution in [0.2, 0.25) is 0 Å². The quantitative estimate of drug-likeness (QED) is 0.436. The molecule has 1 heterocycles. The lowest BCUT2D eigenvalue weighted by molar-refractivity contribution is -0.114. The van der Waals surface area contributed by atoms with Gasteiger partial charge in [-0.15, -0.1) is 10.2 Å². The summed E-state index contributed by atoms with van der Waals surface area (Å²) >= 11 is 1.40. The highest BCUT2D eigenvalue weighted by molar-refractivity contribution is 7.14. The summed E-state index contributed by atoms with van der Waals surface area (Å²) in [5.74, 6) is 4.82. The van der Waals surface area contributed by atoms with Gasteiger partial charge in [0.25, 0.3) is 5.91 Å². The van der Waals surface area contributed by atoms with Crippen molar-refractivity contribution >= 4 is 29.2 Å². The highest BCUT2D eigenvalue weighted by Crippen LogP contribution is 2.44. The van der Waals surface area contributed by atoms with Crippen LogP contribution in [-0.2, 0) is 11.3 Å². The number of rotatable bonds is 7. The number of hydrazone groups is 1. The molecule has 0 spiro atoms. The Kier molecular flexibility index (Phi) is 5.34. The van der Waals surface area contributed by atoms with Crippen LogP contribution in [0.5, 0.6) is 0 Å². The Balaban J connectivity index is 0.00000261. The van der Waals surface area contributed by atoms with Gasteiger partial charge in [-0.25, -0.2) is 0 Å². The van der Waals surface area contributed by atoms with E-state index >= 15 is 0 Å². The SMILES string of the molecule is N#CC1(CN=C/C(=N\N)C(=O)NCc2nnc(-c3ccccc3)s2)CC1.[HH]. The number of nitriles is 1. The van der Waals surface area contributed by atoms with Gasteiger partial charge in [0.1, 0.15) is 10.0 Å². The Morgan fingerprint density at radius 3 is 2.85 bits per heavy atom. The molecule has 1 amide bonds. The molecule has 1 aromatic heterocycles. The first-order valence-corrected chi connectivity index (χ1v) is 8.82. The van der Waals surface area contributed by atoms with E-state index in [1.54, 1.807) is 0 Å². The first-order chi connectivity index (χ1) is 12.7. The van der Waals surface area contributed by atoms with Gasteiger partial charge >= 0.3 is 0 Å². The molecule has 0 bridgehead atoms. The maximum absolute atomic E-state index is 12.1. The summed E-state index contributed by atoms with van der Waals surface area (Å²) in [6.07, 6.45) is 2.98. The summed E-state index contributed by atoms with van der Waals surface area (Å²) in [6, 6.07) is 11.9. The molecule has 8 nitrogen and oxygen atoms in total. The minimum atomic E-state index is -0.450. The van der Waals surface area contributed by atoms with Crippen molar-refractivity contribution in [1.82, 2.24) is 15.5 Å². The molecule has 26 heavy (non-hydrogen) atoms. The van der Waals surface area contributed by atoms with Crippen LogP contribution < -0.4 is 11.2 Å². The molecule has 1 aromatic carbocycles. The summed E-state index contributed by atoms with van der Waals surface area (Å²) < 4.78 is 0. The molecule has 9 heteroatoms. The van der Waals surface area contributed by atoms with E-state index in [1.165, 1.54) is 17.6 Å². The third kappa shape index (κ3) is 4.29. The molecule has 1 fully saturated rings. The third-order valence-corrected chi connectivity index (χ3v) is 4.93. The number of hydrogen-bond donors (Lipinski definition) is 2. The molecule has 1 saturated carbocycles. The van der Waals surface area contributed by atoms with Crippen LogP contribution in [0.15, 0.2) is 40.4 Å². The van der Waals surface area contributed by atoms with Crippen molar-refractivity contribution in [3.05, 3.63) is 35.3 Å². The highest BCUT2D eigenvalue weighted by Gasteiger charge is 2.42. The lowest BCUT2D eigenvalue weighted by atomic mass is 10.1. The number of carbonyl (C=O) groups is 1. The molecule has 0 atom stereocenters. The number of aliphatic imine (C=N–C) groups is 1. The minimum Gasteiger partial charge on any atom is -0.344 e. The Morgan fingerprint density at radius 1 is 1.42 bits per heavy atom. The fraction of sp³-hybridized carbons (Fsp3) is 0.294. The van der Waals surface area contributed by atoms with Gasteiger partial charge < -0.3 is 11.2 Å². The number of benzene rings is 1. The lowest BCUT2D eigenvalue weighted by Gasteiger charge is -2.02. The molecule has 134 valence electrons. The molecule has 0 saturated heterocycles. The number of aromatic nitrogens is 2. The fourth-order valence-corrected chi connectivity index (χ4v) is 2.97. The molecule has 1 aliphatic rings. The molecular formula is C17H19N7OS. The maximum atomic E-state index is 12.1. The Hall–Kier alpha value is -3.12. The molecule has 0 radical (unpaired) electrons. The van der Waals surface area contributed by atoms with E-state index < -0.39 is 5.91 Å². The van der Waals surface area contributed by atoms with Gasteiger partial charge in [0.05, 0.1) is 30.8 Å². The third-order valence-electron chi connectivity index (χ3n) is 3.96. The lowest BCUT2D eigenvalue weighted by Crippen LogP contribution is -2.32. The molecule has 0 unspecified atom stereocenters. The van der Waals surface area contributed by atoms with Crippen molar-refractivity contribution < 1.29 is 6.22 Å². The Bertz CT molecular complexity index is 884. The summed E-state index contributed by atoms with van der Waals surface area (Å²) in [6.45, 7) is 0.574. The second kappa shape index (κ2) is 7.84. The van der Waals surface area contributed by atoms with Gasteiger partial charge in [-0.05, 0) is 12.8 Å².